The Balaban J connectivity index is 1.97. The minimum absolute atomic E-state index is 0.0614. The Morgan fingerprint density at radius 1 is 1.03 bits per heavy atom. The molecular formula is C19H13F6NO4S. The molecule has 3 aromatic rings. The molecule has 0 spiro atoms. The van der Waals surface area contributed by atoms with Crippen molar-refractivity contribution in [1.29, 1.82) is 0 Å². The van der Waals surface area contributed by atoms with Crippen molar-refractivity contribution in [2.24, 2.45) is 0 Å². The van der Waals surface area contributed by atoms with E-state index >= 15 is 0 Å². The van der Waals surface area contributed by atoms with Gasteiger partial charge in [0.2, 0.25) is 0 Å². The molecule has 166 valence electrons. The van der Waals surface area contributed by atoms with Gasteiger partial charge >= 0.3 is 23.9 Å². The molecule has 0 saturated heterocycles. The third-order valence-corrected chi connectivity index (χ3v) is 5.44. The van der Waals surface area contributed by atoms with Gasteiger partial charge in [0.1, 0.15) is 5.56 Å². The Labute approximate surface area is 174 Å². The fraction of sp³-hybridized carbons (Fsp3) is 0.263. The van der Waals surface area contributed by atoms with Gasteiger partial charge in [-0.25, -0.2) is 9.59 Å². The summed E-state index contributed by atoms with van der Waals surface area (Å²) in [4.78, 5) is 24.9. The summed E-state index contributed by atoms with van der Waals surface area (Å²) in [5, 5.41) is 0.395. The van der Waals surface area contributed by atoms with Crippen LogP contribution in [0, 0.1) is 0 Å². The molecule has 0 aliphatic rings. The van der Waals surface area contributed by atoms with Gasteiger partial charge in [-0.15, -0.1) is 11.3 Å². The monoisotopic (exact) mass is 465 g/mol. The van der Waals surface area contributed by atoms with E-state index in [0.29, 0.717) is 21.8 Å². The first-order valence-electron chi connectivity index (χ1n) is 8.45. The van der Waals surface area contributed by atoms with Gasteiger partial charge in [-0.3, -0.25) is 0 Å². The lowest BCUT2D eigenvalue weighted by atomic mass is 10.0. The zero-order valence-corrected chi connectivity index (χ0v) is 16.7. The number of methoxy groups -OCH3 is 1. The topological polar surface area (TPSA) is 59.8 Å². The summed E-state index contributed by atoms with van der Waals surface area (Å²) in [5.74, 6) is -0.900. The summed E-state index contributed by atoms with van der Waals surface area (Å²) in [5.41, 5.74) is -4.17. The fourth-order valence-corrected chi connectivity index (χ4v) is 3.79. The van der Waals surface area contributed by atoms with Crippen LogP contribution in [0.4, 0.5) is 31.3 Å². The molecule has 0 atom stereocenters. The second kappa shape index (κ2) is 7.91. The first kappa shape index (κ1) is 22.7. The van der Waals surface area contributed by atoms with Crippen molar-refractivity contribution in [3.63, 3.8) is 0 Å². The zero-order chi connectivity index (χ0) is 23.1. The highest BCUT2D eigenvalue weighted by atomic mass is 32.1. The van der Waals surface area contributed by atoms with Gasteiger partial charge in [-0.05, 0) is 29.8 Å². The number of alkyl halides is 6. The Morgan fingerprint density at radius 3 is 2.13 bits per heavy atom. The van der Waals surface area contributed by atoms with E-state index in [2.05, 4.69) is 4.74 Å². The van der Waals surface area contributed by atoms with Crippen LogP contribution < -0.4 is 10.5 Å². The number of fused-ring (bicyclic) bond motifs is 1. The van der Waals surface area contributed by atoms with E-state index in [1.54, 1.807) is 0 Å². The van der Waals surface area contributed by atoms with E-state index in [-0.39, 0.29) is 29.3 Å². The Kier molecular flexibility index (Phi) is 5.78. The second-order valence-electron chi connectivity index (χ2n) is 6.52. The summed E-state index contributed by atoms with van der Waals surface area (Å²) in [6, 6.07) is 4.01. The number of anilines is 1. The van der Waals surface area contributed by atoms with Crippen molar-refractivity contribution >= 4 is 32.6 Å². The van der Waals surface area contributed by atoms with Crippen molar-refractivity contribution in [2.45, 2.75) is 18.9 Å². The lowest BCUT2D eigenvalue weighted by molar-refractivity contribution is -0.143. The van der Waals surface area contributed by atoms with E-state index < -0.39 is 35.1 Å². The molecule has 2 heterocycles. The maximum Gasteiger partial charge on any atom is 0.416 e. The van der Waals surface area contributed by atoms with E-state index in [1.807, 2.05) is 0 Å². The summed E-state index contributed by atoms with van der Waals surface area (Å²) in [6.45, 7) is -0.284. The minimum atomic E-state index is -4.94. The Bertz CT molecular complexity index is 1160. The molecule has 3 rings (SSSR count). The van der Waals surface area contributed by atoms with E-state index in [9.17, 15) is 35.9 Å². The molecule has 0 aliphatic heterocycles. The van der Waals surface area contributed by atoms with Crippen LogP contribution >= 0.6 is 11.3 Å². The lowest BCUT2D eigenvalue weighted by Gasteiger charge is -2.19. The second-order valence-corrected chi connectivity index (χ2v) is 7.58. The number of benzene rings is 1. The maximum absolute atomic E-state index is 13.0. The quantitative estimate of drug-likeness (QED) is 0.386. The lowest BCUT2D eigenvalue weighted by Crippen LogP contribution is -2.17. The van der Waals surface area contributed by atoms with E-state index in [4.69, 9.17) is 4.42 Å². The number of hydrogen-bond donors (Lipinski definition) is 0. The fourth-order valence-electron chi connectivity index (χ4n) is 2.80. The molecule has 2 aromatic heterocycles. The number of ether oxygens (including phenoxy) is 1. The molecule has 31 heavy (non-hydrogen) atoms. The number of esters is 1. The number of halogens is 6. The molecule has 12 heteroatoms. The van der Waals surface area contributed by atoms with Gasteiger partial charge in [-0.1, -0.05) is 0 Å². The number of rotatable bonds is 4. The summed E-state index contributed by atoms with van der Waals surface area (Å²) < 4.78 is 88.2. The average molecular weight is 465 g/mol. The SMILES string of the molecule is COC(=O)c1cc2sc(N(C)Cc3cc(C(F)(F)F)cc(C(F)(F)F)c3)cc2oc1=O. The van der Waals surface area contributed by atoms with Gasteiger partial charge in [0, 0.05) is 19.7 Å². The molecule has 0 amide bonds. The Morgan fingerprint density at radius 2 is 1.61 bits per heavy atom. The first-order chi connectivity index (χ1) is 14.3. The van der Waals surface area contributed by atoms with Crippen LogP contribution in [0.1, 0.15) is 27.0 Å². The van der Waals surface area contributed by atoms with Crippen molar-refractivity contribution in [3.05, 3.63) is 63.0 Å². The highest BCUT2D eigenvalue weighted by Gasteiger charge is 2.37. The van der Waals surface area contributed by atoms with Crippen LogP contribution in [0.15, 0.2) is 39.5 Å². The molecule has 1 aromatic carbocycles. The van der Waals surface area contributed by atoms with Crippen molar-refractivity contribution in [1.82, 2.24) is 0 Å². The van der Waals surface area contributed by atoms with Gasteiger partial charge in [0.15, 0.2) is 5.58 Å². The molecule has 0 aliphatic carbocycles. The van der Waals surface area contributed by atoms with Gasteiger partial charge in [-0.2, -0.15) is 26.3 Å². The predicted octanol–water partition coefficient (Wildman–Crippen LogP) is 5.32. The van der Waals surface area contributed by atoms with Gasteiger partial charge < -0.3 is 14.1 Å². The van der Waals surface area contributed by atoms with Crippen LogP contribution in [-0.4, -0.2) is 20.1 Å². The summed E-state index contributed by atoms with van der Waals surface area (Å²) >= 11 is 1.04. The largest absolute Gasteiger partial charge is 0.465 e. The molecule has 5 nitrogen and oxygen atoms in total. The summed E-state index contributed by atoms with van der Waals surface area (Å²) in [6.07, 6.45) is -9.89. The molecule has 0 N–H and O–H groups in total. The van der Waals surface area contributed by atoms with E-state index in [1.165, 1.54) is 24.1 Å². The van der Waals surface area contributed by atoms with E-state index in [0.717, 1.165) is 18.4 Å². The standard InChI is InChI=1S/C19H13F6NO4S/c1-26(8-9-3-10(18(20,21)22)5-11(4-9)19(23,24)25)15-7-13-14(31-15)6-12(16(27)29-2)17(28)30-13/h3-7H,8H2,1-2H3. The number of carbonyl (C=O) groups excluding carboxylic acids is 1. The van der Waals surface area contributed by atoms with Crippen LogP contribution in [0.25, 0.3) is 10.3 Å². The van der Waals surface area contributed by atoms with Crippen LogP contribution in [0.5, 0.6) is 0 Å². The minimum Gasteiger partial charge on any atom is -0.465 e. The predicted molar refractivity (Wildman–Crippen MR) is 100 cm³/mol. The van der Waals surface area contributed by atoms with Crippen LogP contribution in [-0.2, 0) is 23.6 Å². The van der Waals surface area contributed by atoms with Crippen molar-refractivity contribution < 1.29 is 40.3 Å². The highest BCUT2D eigenvalue weighted by molar-refractivity contribution is 7.22. The molecule has 0 fully saturated rings. The summed E-state index contributed by atoms with van der Waals surface area (Å²) in [7, 11) is 2.54. The van der Waals surface area contributed by atoms with Crippen LogP contribution in [0.2, 0.25) is 0 Å². The third kappa shape index (κ3) is 4.84. The molecule has 0 unspecified atom stereocenters. The zero-order valence-electron chi connectivity index (χ0n) is 15.9. The molecule has 0 radical (unpaired) electrons. The van der Waals surface area contributed by atoms with Crippen molar-refractivity contribution in [3.8, 4) is 0 Å². The van der Waals surface area contributed by atoms with Crippen molar-refractivity contribution in [2.75, 3.05) is 19.1 Å². The number of carbonyl (C=O) groups is 1. The number of nitrogens with zero attached hydrogens (tertiary/aromatic N) is 1. The average Bonchev–Trinajstić information content (AvgIpc) is 3.08. The van der Waals surface area contributed by atoms with Gasteiger partial charge in [0.05, 0.1) is 27.9 Å². The molecule has 0 bridgehead atoms. The smallest absolute Gasteiger partial charge is 0.416 e. The highest BCUT2D eigenvalue weighted by Crippen LogP contribution is 2.37. The number of hydrogen-bond acceptors (Lipinski definition) is 6. The van der Waals surface area contributed by atoms with Crippen LogP contribution in [0.3, 0.4) is 0 Å². The first-order valence-corrected chi connectivity index (χ1v) is 9.26. The maximum atomic E-state index is 13.0. The number of thiophene rings is 1. The van der Waals surface area contributed by atoms with Gasteiger partial charge in [0.25, 0.3) is 0 Å². The normalized spacial score (nSPS) is 12.3. The third-order valence-electron chi connectivity index (χ3n) is 4.26. The Hall–Kier alpha value is -3.02. The molecule has 0 saturated carbocycles. The molecular weight excluding hydrogens is 452 g/mol.